The van der Waals surface area contributed by atoms with E-state index in [1.807, 2.05) is 19.9 Å². The molecule has 11 heteroatoms. The molecule has 0 spiro atoms. The molecule has 2 fully saturated rings. The number of benzene rings is 1. The Labute approximate surface area is 227 Å². The predicted molar refractivity (Wildman–Crippen MR) is 141 cm³/mol. The molecule has 8 nitrogen and oxygen atoms in total. The average molecular weight is 553 g/mol. The number of amides is 2. The summed E-state index contributed by atoms with van der Waals surface area (Å²) in [6, 6.07) is 7.39. The topological polar surface area (TPSA) is 98.0 Å². The van der Waals surface area contributed by atoms with Crippen LogP contribution in [0.3, 0.4) is 0 Å². The van der Waals surface area contributed by atoms with Gasteiger partial charge in [-0.3, -0.25) is 4.79 Å². The fourth-order valence-electron chi connectivity index (χ4n) is 4.59. The quantitative estimate of drug-likeness (QED) is 0.554. The highest BCUT2D eigenvalue weighted by atomic mass is 35.5. The number of hydrogen-bond acceptors (Lipinski definition) is 6. The van der Waals surface area contributed by atoms with E-state index < -0.39 is 18.0 Å². The number of pyridine rings is 1. The van der Waals surface area contributed by atoms with Gasteiger partial charge < -0.3 is 25.0 Å². The number of nitrogens with two attached hydrogens (primary N) is 1. The molecule has 3 heterocycles. The van der Waals surface area contributed by atoms with Gasteiger partial charge in [0.1, 0.15) is 18.1 Å². The number of rotatable bonds is 7. The molecule has 0 aliphatic carbocycles. The fraction of sp³-hybridized carbons (Fsp3) is 0.519. The van der Waals surface area contributed by atoms with E-state index in [0.717, 1.165) is 5.56 Å². The van der Waals surface area contributed by atoms with Crippen LogP contribution in [0.25, 0.3) is 11.1 Å². The molecule has 2 N–H and O–H groups in total. The number of alkyl halides is 1. The van der Waals surface area contributed by atoms with E-state index in [9.17, 15) is 18.4 Å². The van der Waals surface area contributed by atoms with E-state index in [1.54, 1.807) is 29.3 Å². The van der Waals surface area contributed by atoms with Crippen LogP contribution in [0.5, 0.6) is 5.88 Å². The second-order valence-corrected chi connectivity index (χ2v) is 9.91. The van der Waals surface area contributed by atoms with Gasteiger partial charge in [0.25, 0.3) is 0 Å². The average Bonchev–Trinajstić information content (AvgIpc) is 3.31. The summed E-state index contributed by atoms with van der Waals surface area (Å²) in [4.78, 5) is 31.9. The maximum absolute atomic E-state index is 14.8. The van der Waals surface area contributed by atoms with Gasteiger partial charge in [-0.25, -0.2) is 18.6 Å². The minimum absolute atomic E-state index is 0. The Morgan fingerprint density at radius 2 is 1.76 bits per heavy atom. The van der Waals surface area contributed by atoms with Crippen molar-refractivity contribution in [2.24, 2.45) is 5.73 Å². The summed E-state index contributed by atoms with van der Waals surface area (Å²) in [6.07, 6.45) is 1.80. The number of carbonyl (C=O) groups excluding carboxylic acids is 2. The highest BCUT2D eigenvalue weighted by Gasteiger charge is 2.30. The lowest BCUT2D eigenvalue weighted by molar-refractivity contribution is -0.131. The van der Waals surface area contributed by atoms with Crippen LogP contribution in [0.15, 0.2) is 36.5 Å². The number of piperidine rings is 1. The van der Waals surface area contributed by atoms with Crippen molar-refractivity contribution in [3.63, 3.8) is 0 Å². The number of aromatic nitrogens is 1. The maximum Gasteiger partial charge on any atom is 0.410 e. The van der Waals surface area contributed by atoms with Crippen LogP contribution in [0.2, 0.25) is 0 Å². The third-order valence-electron chi connectivity index (χ3n) is 6.65. The zero-order chi connectivity index (χ0) is 26.5. The number of hydrogen-bond donors (Lipinski definition) is 1. The zero-order valence-corrected chi connectivity index (χ0v) is 22.5. The molecule has 4 rings (SSSR count). The Kier molecular flexibility index (Phi) is 10.3. The summed E-state index contributed by atoms with van der Waals surface area (Å²) in [5.41, 5.74) is 7.68. The lowest BCUT2D eigenvalue weighted by Crippen LogP contribution is -2.44. The Bertz CT molecular complexity index is 1100. The van der Waals surface area contributed by atoms with E-state index in [0.29, 0.717) is 55.9 Å². The number of ether oxygens (including phenoxy) is 2. The third-order valence-corrected chi connectivity index (χ3v) is 6.65. The minimum atomic E-state index is -1.02. The van der Waals surface area contributed by atoms with Crippen LogP contribution in [0, 0.1) is 5.82 Å². The van der Waals surface area contributed by atoms with Crippen LogP contribution in [0.1, 0.15) is 38.7 Å². The molecule has 2 saturated heterocycles. The standard InChI is InChI=1S/C27H34F2N4O4.ClH/c1-17(2)36-27(35)32-11-8-22(9-12-32)37-25-6-5-20(15-31-25)18-3-4-19(23(29)13-18)14-24(30)26(34)33-10-7-21(28)16-33;/h3-6,13,15,17,21-22,24H,7-12,14,16,30H2,1-2H3;1H. The molecule has 2 amide bonds. The first-order valence-corrected chi connectivity index (χ1v) is 12.7. The Morgan fingerprint density at radius 1 is 1.08 bits per heavy atom. The molecule has 2 aliphatic heterocycles. The molecule has 2 atom stereocenters. The molecule has 2 unspecified atom stereocenters. The molecule has 1 aromatic carbocycles. The molecule has 0 radical (unpaired) electrons. The van der Waals surface area contributed by atoms with E-state index >= 15 is 0 Å². The lowest BCUT2D eigenvalue weighted by atomic mass is 10.0. The summed E-state index contributed by atoms with van der Waals surface area (Å²) in [6.45, 7) is 5.15. The summed E-state index contributed by atoms with van der Waals surface area (Å²) >= 11 is 0. The molecule has 2 aromatic rings. The van der Waals surface area contributed by atoms with Crippen molar-refractivity contribution in [1.82, 2.24) is 14.8 Å². The van der Waals surface area contributed by atoms with Crippen LogP contribution >= 0.6 is 12.4 Å². The number of nitrogens with zero attached hydrogens (tertiary/aromatic N) is 3. The maximum atomic E-state index is 14.8. The number of likely N-dealkylation sites (tertiary alicyclic amines) is 2. The van der Waals surface area contributed by atoms with Gasteiger partial charge >= 0.3 is 6.09 Å². The monoisotopic (exact) mass is 552 g/mol. The Balaban J connectivity index is 0.00000400. The Hall–Kier alpha value is -2.98. The summed E-state index contributed by atoms with van der Waals surface area (Å²) in [5, 5.41) is 0. The van der Waals surface area contributed by atoms with Crippen LogP contribution in [0.4, 0.5) is 13.6 Å². The van der Waals surface area contributed by atoms with Crippen molar-refractivity contribution in [1.29, 1.82) is 0 Å². The van der Waals surface area contributed by atoms with Crippen molar-refractivity contribution in [3.8, 4) is 17.0 Å². The highest BCUT2D eigenvalue weighted by Crippen LogP contribution is 2.25. The summed E-state index contributed by atoms with van der Waals surface area (Å²) in [5.74, 6) is -0.357. The van der Waals surface area contributed by atoms with Gasteiger partial charge in [-0.1, -0.05) is 12.1 Å². The molecule has 0 bridgehead atoms. The van der Waals surface area contributed by atoms with Crippen molar-refractivity contribution in [2.75, 3.05) is 26.2 Å². The van der Waals surface area contributed by atoms with Crippen LogP contribution in [-0.2, 0) is 16.0 Å². The first-order valence-electron chi connectivity index (χ1n) is 12.7. The van der Waals surface area contributed by atoms with Gasteiger partial charge in [0, 0.05) is 50.3 Å². The van der Waals surface area contributed by atoms with E-state index in [2.05, 4.69) is 4.98 Å². The van der Waals surface area contributed by atoms with Gasteiger partial charge in [0.15, 0.2) is 0 Å². The highest BCUT2D eigenvalue weighted by molar-refractivity contribution is 5.85. The molecule has 2 aliphatic rings. The van der Waals surface area contributed by atoms with Crippen molar-refractivity contribution in [3.05, 3.63) is 47.9 Å². The second kappa shape index (κ2) is 13.2. The molecule has 208 valence electrons. The van der Waals surface area contributed by atoms with Gasteiger partial charge in [0.2, 0.25) is 11.8 Å². The van der Waals surface area contributed by atoms with E-state index in [1.165, 1.54) is 11.0 Å². The summed E-state index contributed by atoms with van der Waals surface area (Å²) in [7, 11) is 0. The fourth-order valence-corrected chi connectivity index (χ4v) is 4.59. The van der Waals surface area contributed by atoms with Crippen molar-refractivity contribution in [2.45, 2.75) is 64.0 Å². The number of halogens is 3. The van der Waals surface area contributed by atoms with Crippen LogP contribution < -0.4 is 10.5 Å². The Morgan fingerprint density at radius 3 is 2.34 bits per heavy atom. The first kappa shape index (κ1) is 29.6. The molecular formula is C27H35ClF2N4O4. The minimum Gasteiger partial charge on any atom is -0.474 e. The van der Waals surface area contributed by atoms with Gasteiger partial charge in [-0.05, 0) is 49.9 Å². The molecular weight excluding hydrogens is 518 g/mol. The number of carbonyl (C=O) groups is 2. The smallest absolute Gasteiger partial charge is 0.410 e. The van der Waals surface area contributed by atoms with Crippen LogP contribution in [-0.4, -0.2) is 77.4 Å². The van der Waals surface area contributed by atoms with Gasteiger partial charge in [-0.15, -0.1) is 12.4 Å². The molecule has 38 heavy (non-hydrogen) atoms. The normalized spacial score (nSPS) is 18.7. The summed E-state index contributed by atoms with van der Waals surface area (Å²) < 4.78 is 39.4. The largest absolute Gasteiger partial charge is 0.474 e. The lowest BCUT2D eigenvalue weighted by Gasteiger charge is -2.31. The first-order chi connectivity index (χ1) is 17.7. The van der Waals surface area contributed by atoms with E-state index in [-0.39, 0.29) is 49.6 Å². The second-order valence-electron chi connectivity index (χ2n) is 9.91. The van der Waals surface area contributed by atoms with Gasteiger partial charge in [0.05, 0.1) is 18.7 Å². The van der Waals surface area contributed by atoms with Crippen molar-refractivity contribution < 1.29 is 27.8 Å². The third kappa shape index (κ3) is 7.54. The van der Waals surface area contributed by atoms with Crippen molar-refractivity contribution >= 4 is 24.4 Å². The predicted octanol–water partition coefficient (Wildman–Crippen LogP) is 4.14. The zero-order valence-electron chi connectivity index (χ0n) is 21.6. The van der Waals surface area contributed by atoms with Gasteiger partial charge in [-0.2, -0.15) is 0 Å². The molecule has 0 saturated carbocycles. The SMILES string of the molecule is CC(C)OC(=O)N1CCC(Oc2ccc(-c3ccc(CC(N)C(=O)N4CCC(F)C4)c(F)c3)cn2)CC1.Cl. The van der Waals surface area contributed by atoms with E-state index in [4.69, 9.17) is 15.2 Å². The molecule has 1 aromatic heterocycles.